The standard InChI is InChI=1S/C16H25NO4/c1-17(12-6-8-21-9-7-12)11-15(18)14-10-13(19-2)4-5-16(14)20-3/h4-5,10,12,15,18H,6-9,11H2,1-3H3. The van der Waals surface area contributed by atoms with Crippen LogP contribution in [0.2, 0.25) is 0 Å². The quantitative estimate of drug-likeness (QED) is 0.868. The summed E-state index contributed by atoms with van der Waals surface area (Å²) in [5, 5.41) is 10.5. The molecule has 1 N–H and O–H groups in total. The summed E-state index contributed by atoms with van der Waals surface area (Å²) in [6, 6.07) is 5.95. The predicted octanol–water partition coefficient (Wildman–Crippen LogP) is 1.85. The van der Waals surface area contributed by atoms with Crippen LogP contribution in [0.25, 0.3) is 0 Å². The zero-order chi connectivity index (χ0) is 15.2. The summed E-state index contributed by atoms with van der Waals surface area (Å²) in [4.78, 5) is 2.20. The number of hydrogen-bond acceptors (Lipinski definition) is 5. The normalized spacial score (nSPS) is 17.8. The molecule has 1 saturated heterocycles. The van der Waals surface area contributed by atoms with Crippen molar-refractivity contribution in [3.63, 3.8) is 0 Å². The molecule has 1 heterocycles. The molecule has 0 saturated carbocycles. The van der Waals surface area contributed by atoms with Gasteiger partial charge in [-0.25, -0.2) is 0 Å². The lowest BCUT2D eigenvalue weighted by atomic mass is 10.0. The monoisotopic (exact) mass is 295 g/mol. The fourth-order valence-corrected chi connectivity index (χ4v) is 2.75. The van der Waals surface area contributed by atoms with E-state index in [4.69, 9.17) is 14.2 Å². The van der Waals surface area contributed by atoms with Gasteiger partial charge < -0.3 is 24.2 Å². The number of benzene rings is 1. The lowest BCUT2D eigenvalue weighted by Crippen LogP contribution is -2.39. The minimum atomic E-state index is -0.608. The Kier molecular flexibility index (Phi) is 5.85. The predicted molar refractivity (Wildman–Crippen MR) is 81.0 cm³/mol. The molecular weight excluding hydrogens is 270 g/mol. The van der Waals surface area contributed by atoms with Gasteiger partial charge in [0.1, 0.15) is 11.5 Å². The summed E-state index contributed by atoms with van der Waals surface area (Å²) in [6.45, 7) is 2.16. The van der Waals surface area contributed by atoms with Crippen LogP contribution in [-0.4, -0.2) is 57.1 Å². The number of likely N-dealkylation sites (N-methyl/N-ethyl adjacent to an activating group) is 1. The molecule has 1 aliphatic rings. The molecule has 0 aliphatic carbocycles. The lowest BCUT2D eigenvalue weighted by Gasteiger charge is -2.32. The average molecular weight is 295 g/mol. The molecule has 2 rings (SSSR count). The maximum absolute atomic E-state index is 10.5. The van der Waals surface area contributed by atoms with Crippen molar-refractivity contribution in [1.82, 2.24) is 4.90 Å². The largest absolute Gasteiger partial charge is 0.497 e. The van der Waals surface area contributed by atoms with E-state index in [-0.39, 0.29) is 0 Å². The summed E-state index contributed by atoms with van der Waals surface area (Å²) in [5.74, 6) is 1.40. The van der Waals surface area contributed by atoms with Crippen molar-refractivity contribution < 1.29 is 19.3 Å². The smallest absolute Gasteiger partial charge is 0.124 e. The highest BCUT2D eigenvalue weighted by atomic mass is 16.5. The Morgan fingerprint density at radius 2 is 2.00 bits per heavy atom. The highest BCUT2D eigenvalue weighted by Crippen LogP contribution is 2.30. The van der Waals surface area contributed by atoms with E-state index in [0.29, 0.717) is 18.3 Å². The van der Waals surface area contributed by atoms with Crippen molar-refractivity contribution in [1.29, 1.82) is 0 Å². The van der Waals surface area contributed by atoms with Crippen molar-refractivity contribution in [2.24, 2.45) is 0 Å². The summed E-state index contributed by atoms with van der Waals surface area (Å²) >= 11 is 0. The molecule has 21 heavy (non-hydrogen) atoms. The molecule has 1 unspecified atom stereocenters. The Balaban J connectivity index is 2.06. The highest BCUT2D eigenvalue weighted by molar-refractivity contribution is 5.41. The molecule has 0 amide bonds. The summed E-state index contributed by atoms with van der Waals surface area (Å²) < 4.78 is 15.9. The zero-order valence-electron chi connectivity index (χ0n) is 13.0. The van der Waals surface area contributed by atoms with Gasteiger partial charge in [-0.15, -0.1) is 0 Å². The van der Waals surface area contributed by atoms with Crippen LogP contribution in [0, 0.1) is 0 Å². The Morgan fingerprint density at radius 3 is 2.62 bits per heavy atom. The number of rotatable bonds is 6. The first-order valence-corrected chi connectivity index (χ1v) is 7.33. The Morgan fingerprint density at radius 1 is 1.29 bits per heavy atom. The molecule has 5 heteroatoms. The first-order chi connectivity index (χ1) is 10.2. The van der Waals surface area contributed by atoms with Crippen molar-refractivity contribution in [3.8, 4) is 11.5 Å². The Bertz CT molecular complexity index is 446. The topological polar surface area (TPSA) is 51.2 Å². The second kappa shape index (κ2) is 7.64. The molecular formula is C16H25NO4. The van der Waals surface area contributed by atoms with Gasteiger partial charge in [-0.2, -0.15) is 0 Å². The number of methoxy groups -OCH3 is 2. The molecule has 0 radical (unpaired) electrons. The second-order valence-corrected chi connectivity index (χ2v) is 5.41. The molecule has 1 aliphatic heterocycles. The summed E-state index contributed by atoms with van der Waals surface area (Å²) in [6.07, 6.45) is 1.42. The Hall–Kier alpha value is -1.30. The minimum absolute atomic E-state index is 0.463. The van der Waals surface area contributed by atoms with Crippen LogP contribution in [0.15, 0.2) is 18.2 Å². The van der Waals surface area contributed by atoms with Gasteiger partial charge >= 0.3 is 0 Å². The Labute approximate surface area is 126 Å². The molecule has 1 fully saturated rings. The van der Waals surface area contributed by atoms with Crippen molar-refractivity contribution in [2.45, 2.75) is 25.0 Å². The van der Waals surface area contributed by atoms with Crippen LogP contribution in [-0.2, 0) is 4.74 Å². The number of nitrogens with zero attached hydrogens (tertiary/aromatic N) is 1. The fraction of sp³-hybridized carbons (Fsp3) is 0.625. The number of hydrogen-bond donors (Lipinski definition) is 1. The van der Waals surface area contributed by atoms with Gasteiger partial charge in [0.25, 0.3) is 0 Å². The van der Waals surface area contributed by atoms with E-state index in [1.165, 1.54) is 0 Å². The first kappa shape index (κ1) is 16.1. The molecule has 1 aromatic rings. The zero-order valence-corrected chi connectivity index (χ0v) is 13.0. The third-order valence-electron chi connectivity index (χ3n) is 4.07. The van der Waals surface area contributed by atoms with E-state index in [9.17, 15) is 5.11 Å². The molecule has 5 nitrogen and oxygen atoms in total. The van der Waals surface area contributed by atoms with Crippen molar-refractivity contribution in [3.05, 3.63) is 23.8 Å². The van der Waals surface area contributed by atoms with E-state index >= 15 is 0 Å². The van der Waals surface area contributed by atoms with Crippen LogP contribution in [0.5, 0.6) is 11.5 Å². The van der Waals surface area contributed by atoms with Crippen LogP contribution >= 0.6 is 0 Å². The van der Waals surface area contributed by atoms with E-state index in [1.54, 1.807) is 14.2 Å². The van der Waals surface area contributed by atoms with Crippen LogP contribution < -0.4 is 9.47 Å². The number of ether oxygens (including phenoxy) is 3. The van der Waals surface area contributed by atoms with E-state index in [2.05, 4.69) is 4.90 Å². The highest BCUT2D eigenvalue weighted by Gasteiger charge is 2.22. The molecule has 0 spiro atoms. The van der Waals surface area contributed by atoms with Gasteiger partial charge in [0, 0.05) is 31.4 Å². The van der Waals surface area contributed by atoms with Gasteiger partial charge in [-0.05, 0) is 38.1 Å². The third-order valence-corrected chi connectivity index (χ3v) is 4.07. The van der Waals surface area contributed by atoms with E-state index < -0.39 is 6.10 Å². The molecule has 1 atom stereocenters. The maximum atomic E-state index is 10.5. The van der Waals surface area contributed by atoms with Crippen molar-refractivity contribution in [2.75, 3.05) is 41.0 Å². The molecule has 0 aromatic heterocycles. The lowest BCUT2D eigenvalue weighted by molar-refractivity contribution is 0.0249. The second-order valence-electron chi connectivity index (χ2n) is 5.41. The molecule has 0 bridgehead atoms. The van der Waals surface area contributed by atoms with Gasteiger partial charge in [0.2, 0.25) is 0 Å². The summed E-state index contributed by atoms with van der Waals surface area (Å²) in [7, 11) is 5.28. The number of aliphatic hydroxyl groups excluding tert-OH is 1. The molecule has 1 aromatic carbocycles. The van der Waals surface area contributed by atoms with Crippen LogP contribution in [0.3, 0.4) is 0 Å². The average Bonchev–Trinajstić information content (AvgIpc) is 2.54. The van der Waals surface area contributed by atoms with E-state index in [1.807, 2.05) is 25.2 Å². The minimum Gasteiger partial charge on any atom is -0.497 e. The van der Waals surface area contributed by atoms with E-state index in [0.717, 1.165) is 37.4 Å². The number of aliphatic hydroxyl groups is 1. The summed E-state index contributed by atoms with van der Waals surface area (Å²) in [5.41, 5.74) is 0.760. The van der Waals surface area contributed by atoms with Crippen molar-refractivity contribution >= 4 is 0 Å². The van der Waals surface area contributed by atoms with Gasteiger partial charge in [0.15, 0.2) is 0 Å². The van der Waals surface area contributed by atoms with Crippen LogP contribution in [0.1, 0.15) is 24.5 Å². The van der Waals surface area contributed by atoms with Gasteiger partial charge in [-0.3, -0.25) is 0 Å². The van der Waals surface area contributed by atoms with Gasteiger partial charge in [0.05, 0.1) is 20.3 Å². The first-order valence-electron chi connectivity index (χ1n) is 7.33. The SMILES string of the molecule is COc1ccc(OC)c(C(O)CN(C)C2CCOCC2)c1. The fourth-order valence-electron chi connectivity index (χ4n) is 2.75. The third kappa shape index (κ3) is 4.09. The van der Waals surface area contributed by atoms with Gasteiger partial charge in [-0.1, -0.05) is 0 Å². The molecule has 118 valence electrons. The maximum Gasteiger partial charge on any atom is 0.124 e. The van der Waals surface area contributed by atoms with Crippen LogP contribution in [0.4, 0.5) is 0 Å².